The highest BCUT2D eigenvalue weighted by Crippen LogP contribution is 2.16. The second-order valence-electron chi connectivity index (χ2n) is 4.53. The third kappa shape index (κ3) is 6.41. The molecule has 1 aromatic rings. The molecular formula is C14H19BrN2O3S. The van der Waals surface area contributed by atoms with Crippen LogP contribution in [-0.4, -0.2) is 44.5 Å². The van der Waals surface area contributed by atoms with Gasteiger partial charge in [-0.3, -0.25) is 4.79 Å². The molecule has 0 unspecified atom stereocenters. The molecule has 0 radical (unpaired) electrons. The summed E-state index contributed by atoms with van der Waals surface area (Å²) in [6, 6.07) is 7.48. The van der Waals surface area contributed by atoms with Crippen molar-refractivity contribution in [3.8, 4) is 0 Å². The van der Waals surface area contributed by atoms with E-state index in [0.717, 1.165) is 16.3 Å². The Hall–Kier alpha value is -1.18. The van der Waals surface area contributed by atoms with Gasteiger partial charge in [-0.15, -0.1) is 6.58 Å². The van der Waals surface area contributed by atoms with E-state index in [2.05, 4.69) is 27.8 Å². The van der Waals surface area contributed by atoms with Crippen LogP contribution in [0.1, 0.15) is 5.56 Å². The van der Waals surface area contributed by atoms with E-state index < -0.39 is 10.0 Å². The van der Waals surface area contributed by atoms with E-state index in [-0.39, 0.29) is 32.0 Å². The van der Waals surface area contributed by atoms with Crippen molar-refractivity contribution in [3.63, 3.8) is 0 Å². The first-order chi connectivity index (χ1) is 9.84. The van der Waals surface area contributed by atoms with Gasteiger partial charge < -0.3 is 5.32 Å². The zero-order valence-corrected chi connectivity index (χ0v) is 14.3. The zero-order chi connectivity index (χ0) is 15.9. The molecule has 0 saturated heterocycles. The normalized spacial score (nSPS) is 11.4. The van der Waals surface area contributed by atoms with Crippen molar-refractivity contribution in [2.24, 2.45) is 0 Å². The summed E-state index contributed by atoms with van der Waals surface area (Å²) < 4.78 is 25.1. The average Bonchev–Trinajstić information content (AvgIpc) is 2.39. The van der Waals surface area contributed by atoms with Crippen molar-refractivity contribution < 1.29 is 13.2 Å². The molecule has 0 fully saturated rings. The molecule has 0 saturated carbocycles. The summed E-state index contributed by atoms with van der Waals surface area (Å²) in [7, 11) is -3.29. The lowest BCUT2D eigenvalue weighted by atomic mass is 10.1. The molecule has 0 atom stereocenters. The van der Waals surface area contributed by atoms with Crippen molar-refractivity contribution in [1.29, 1.82) is 0 Å². The SMILES string of the molecule is C=CCN(CCNC(=O)Cc1ccccc1Br)S(C)(=O)=O. The first kappa shape index (κ1) is 17.9. The molecule has 0 bridgehead atoms. The third-order valence-corrected chi connectivity index (χ3v) is 4.84. The van der Waals surface area contributed by atoms with E-state index in [1.165, 1.54) is 10.4 Å². The molecule has 1 amide bonds. The number of hydrogen-bond acceptors (Lipinski definition) is 3. The molecule has 5 nitrogen and oxygen atoms in total. The van der Waals surface area contributed by atoms with Crippen LogP contribution in [0.25, 0.3) is 0 Å². The number of nitrogens with zero attached hydrogens (tertiary/aromatic N) is 1. The molecule has 0 aliphatic heterocycles. The van der Waals surface area contributed by atoms with E-state index in [1.54, 1.807) is 0 Å². The fourth-order valence-electron chi connectivity index (χ4n) is 1.73. The van der Waals surface area contributed by atoms with Crippen molar-refractivity contribution in [2.75, 3.05) is 25.9 Å². The Morgan fingerprint density at radius 2 is 2.10 bits per heavy atom. The van der Waals surface area contributed by atoms with E-state index in [0.29, 0.717) is 0 Å². The van der Waals surface area contributed by atoms with Gasteiger partial charge in [0, 0.05) is 24.1 Å². The van der Waals surface area contributed by atoms with Crippen LogP contribution >= 0.6 is 15.9 Å². The van der Waals surface area contributed by atoms with Crippen LogP contribution < -0.4 is 5.32 Å². The van der Waals surface area contributed by atoms with Gasteiger partial charge in [-0.05, 0) is 11.6 Å². The van der Waals surface area contributed by atoms with Crippen molar-refractivity contribution in [2.45, 2.75) is 6.42 Å². The zero-order valence-electron chi connectivity index (χ0n) is 11.9. The summed E-state index contributed by atoms with van der Waals surface area (Å²) in [5, 5.41) is 2.72. The first-order valence-electron chi connectivity index (χ1n) is 6.40. The summed E-state index contributed by atoms with van der Waals surface area (Å²) in [4.78, 5) is 11.8. The standard InChI is InChI=1S/C14H19BrN2O3S/c1-3-9-17(21(2,19)20)10-8-16-14(18)11-12-6-4-5-7-13(12)15/h3-7H,1,8-11H2,2H3,(H,16,18). The molecule has 0 heterocycles. The summed E-state index contributed by atoms with van der Waals surface area (Å²) in [6.07, 6.45) is 2.91. The highest BCUT2D eigenvalue weighted by molar-refractivity contribution is 9.10. The van der Waals surface area contributed by atoms with Gasteiger partial charge in [0.2, 0.25) is 15.9 Å². The number of halogens is 1. The number of hydrogen-bond donors (Lipinski definition) is 1. The number of amides is 1. The van der Waals surface area contributed by atoms with Crippen LogP contribution in [0.5, 0.6) is 0 Å². The van der Waals surface area contributed by atoms with Gasteiger partial charge in [-0.1, -0.05) is 40.2 Å². The predicted octanol–water partition coefficient (Wildman–Crippen LogP) is 1.56. The van der Waals surface area contributed by atoms with Crippen LogP contribution in [-0.2, 0) is 21.2 Å². The van der Waals surface area contributed by atoms with Gasteiger partial charge in [0.15, 0.2) is 0 Å². The fourth-order valence-corrected chi connectivity index (χ4v) is 2.96. The summed E-state index contributed by atoms with van der Waals surface area (Å²) in [5.41, 5.74) is 0.890. The maximum absolute atomic E-state index is 11.8. The Morgan fingerprint density at radius 1 is 1.43 bits per heavy atom. The van der Waals surface area contributed by atoms with Gasteiger partial charge >= 0.3 is 0 Å². The molecule has 0 aromatic heterocycles. The molecular weight excluding hydrogens is 356 g/mol. The lowest BCUT2D eigenvalue weighted by Gasteiger charge is -2.18. The minimum Gasteiger partial charge on any atom is -0.354 e. The number of rotatable bonds is 8. The van der Waals surface area contributed by atoms with E-state index in [9.17, 15) is 13.2 Å². The van der Waals surface area contributed by atoms with Crippen molar-refractivity contribution >= 4 is 31.9 Å². The van der Waals surface area contributed by atoms with Crippen LogP contribution in [0.4, 0.5) is 0 Å². The summed E-state index contributed by atoms with van der Waals surface area (Å²) in [6.45, 7) is 4.26. The topological polar surface area (TPSA) is 66.5 Å². The van der Waals surface area contributed by atoms with Gasteiger partial charge in [0.05, 0.1) is 12.7 Å². The Kier molecular flexibility index (Phi) is 7.07. The Bertz CT molecular complexity index is 602. The average molecular weight is 375 g/mol. The second-order valence-corrected chi connectivity index (χ2v) is 7.36. The summed E-state index contributed by atoms with van der Waals surface area (Å²) >= 11 is 3.38. The number of carbonyl (C=O) groups is 1. The van der Waals surface area contributed by atoms with Crippen LogP contribution in [0.2, 0.25) is 0 Å². The Morgan fingerprint density at radius 3 is 2.67 bits per heavy atom. The second kappa shape index (κ2) is 8.31. The molecule has 7 heteroatoms. The van der Waals surface area contributed by atoms with Crippen molar-refractivity contribution in [3.05, 3.63) is 47.0 Å². The van der Waals surface area contributed by atoms with Gasteiger partial charge in [-0.2, -0.15) is 4.31 Å². The number of sulfonamides is 1. The number of benzene rings is 1. The Labute approximate surface area is 134 Å². The minimum atomic E-state index is -3.29. The smallest absolute Gasteiger partial charge is 0.224 e. The Balaban J connectivity index is 2.46. The largest absolute Gasteiger partial charge is 0.354 e. The van der Waals surface area contributed by atoms with Gasteiger partial charge in [0.1, 0.15) is 0 Å². The van der Waals surface area contributed by atoms with Crippen LogP contribution in [0.3, 0.4) is 0 Å². The van der Waals surface area contributed by atoms with E-state index >= 15 is 0 Å². The molecule has 0 aliphatic carbocycles. The third-order valence-electron chi connectivity index (χ3n) is 2.79. The van der Waals surface area contributed by atoms with Crippen LogP contribution in [0.15, 0.2) is 41.4 Å². The quantitative estimate of drug-likeness (QED) is 0.702. The molecule has 1 aromatic carbocycles. The molecule has 1 N–H and O–H groups in total. The number of nitrogens with one attached hydrogen (secondary N) is 1. The monoisotopic (exact) mass is 374 g/mol. The van der Waals surface area contributed by atoms with Gasteiger partial charge in [-0.25, -0.2) is 8.42 Å². The molecule has 21 heavy (non-hydrogen) atoms. The highest BCUT2D eigenvalue weighted by Gasteiger charge is 2.14. The van der Waals surface area contributed by atoms with Gasteiger partial charge in [0.25, 0.3) is 0 Å². The maximum atomic E-state index is 11.8. The van der Waals surface area contributed by atoms with E-state index in [4.69, 9.17) is 0 Å². The summed E-state index contributed by atoms with van der Waals surface area (Å²) in [5.74, 6) is -0.144. The maximum Gasteiger partial charge on any atom is 0.224 e. The van der Waals surface area contributed by atoms with E-state index in [1.807, 2.05) is 24.3 Å². The number of carbonyl (C=O) groups excluding carboxylic acids is 1. The minimum absolute atomic E-state index is 0.144. The molecule has 0 spiro atoms. The first-order valence-corrected chi connectivity index (χ1v) is 9.05. The lowest BCUT2D eigenvalue weighted by Crippen LogP contribution is -2.38. The fraction of sp³-hybridized carbons (Fsp3) is 0.357. The highest BCUT2D eigenvalue weighted by atomic mass is 79.9. The molecule has 1 rings (SSSR count). The molecule has 116 valence electrons. The van der Waals surface area contributed by atoms with Crippen LogP contribution in [0, 0.1) is 0 Å². The van der Waals surface area contributed by atoms with Crippen molar-refractivity contribution in [1.82, 2.24) is 9.62 Å². The molecule has 0 aliphatic rings. The lowest BCUT2D eigenvalue weighted by molar-refractivity contribution is -0.120. The predicted molar refractivity (Wildman–Crippen MR) is 87.5 cm³/mol.